The molecule has 2 aromatic heterocycles. The second-order valence-electron chi connectivity index (χ2n) is 5.18. The summed E-state index contributed by atoms with van der Waals surface area (Å²) < 4.78 is 27.0. The van der Waals surface area contributed by atoms with Gasteiger partial charge in [-0.2, -0.15) is 4.31 Å². The van der Waals surface area contributed by atoms with Crippen LogP contribution in [0, 0.1) is 6.92 Å². The summed E-state index contributed by atoms with van der Waals surface area (Å²) in [4.78, 5) is 12.9. The van der Waals surface area contributed by atoms with Crippen molar-refractivity contribution in [2.24, 2.45) is 0 Å². The van der Waals surface area contributed by atoms with Gasteiger partial charge in [0, 0.05) is 18.9 Å². The zero-order valence-electron chi connectivity index (χ0n) is 12.0. The lowest BCUT2D eigenvalue weighted by atomic mass is 10.2. The van der Waals surface area contributed by atoms with Crippen molar-refractivity contribution in [3.63, 3.8) is 0 Å². The van der Waals surface area contributed by atoms with Gasteiger partial charge in [-0.15, -0.1) is 0 Å². The van der Waals surface area contributed by atoms with Gasteiger partial charge in [-0.25, -0.2) is 18.4 Å². The Labute approximate surface area is 123 Å². The van der Waals surface area contributed by atoms with Gasteiger partial charge in [-0.3, -0.25) is 9.55 Å². The number of hydrogen-bond acceptors (Lipinski definition) is 5. The van der Waals surface area contributed by atoms with Crippen LogP contribution in [0.15, 0.2) is 24.8 Å². The maximum atomic E-state index is 11.8. The molecule has 1 saturated heterocycles. The molecule has 7 nitrogen and oxygen atoms in total. The van der Waals surface area contributed by atoms with Crippen LogP contribution in [0.5, 0.6) is 0 Å². The van der Waals surface area contributed by atoms with Crippen LogP contribution >= 0.6 is 0 Å². The van der Waals surface area contributed by atoms with Crippen molar-refractivity contribution in [3.8, 4) is 5.82 Å². The molecule has 112 valence electrons. The fourth-order valence-electron chi connectivity index (χ4n) is 2.70. The van der Waals surface area contributed by atoms with E-state index in [1.165, 1.54) is 10.6 Å². The summed E-state index contributed by atoms with van der Waals surface area (Å²) in [6, 6.07) is -0.226. The molecule has 1 aliphatic heterocycles. The zero-order valence-corrected chi connectivity index (χ0v) is 12.8. The maximum Gasteiger partial charge on any atom is 0.211 e. The van der Waals surface area contributed by atoms with Crippen molar-refractivity contribution in [2.45, 2.75) is 25.8 Å². The Morgan fingerprint density at radius 3 is 2.81 bits per heavy atom. The van der Waals surface area contributed by atoms with Crippen molar-refractivity contribution in [1.29, 1.82) is 0 Å². The van der Waals surface area contributed by atoms with Gasteiger partial charge >= 0.3 is 0 Å². The van der Waals surface area contributed by atoms with Crippen LogP contribution < -0.4 is 0 Å². The lowest BCUT2D eigenvalue weighted by Gasteiger charge is -2.21. The first-order chi connectivity index (χ1) is 9.97. The Morgan fingerprint density at radius 2 is 2.14 bits per heavy atom. The quantitative estimate of drug-likeness (QED) is 0.847. The molecule has 0 amide bonds. The van der Waals surface area contributed by atoms with E-state index >= 15 is 0 Å². The zero-order chi connectivity index (χ0) is 15.0. The second-order valence-corrected chi connectivity index (χ2v) is 7.11. The van der Waals surface area contributed by atoms with E-state index in [2.05, 4.69) is 15.0 Å². The lowest BCUT2D eigenvalue weighted by Crippen LogP contribution is -2.30. The summed E-state index contributed by atoms with van der Waals surface area (Å²) in [5, 5.41) is 0. The van der Waals surface area contributed by atoms with Crippen LogP contribution in [0.4, 0.5) is 0 Å². The van der Waals surface area contributed by atoms with E-state index in [1.54, 1.807) is 18.6 Å². The van der Waals surface area contributed by atoms with Crippen molar-refractivity contribution >= 4 is 10.0 Å². The third kappa shape index (κ3) is 2.68. The molecule has 1 aliphatic rings. The minimum atomic E-state index is -3.23. The highest BCUT2D eigenvalue weighted by Crippen LogP contribution is 2.32. The number of sulfonamides is 1. The van der Waals surface area contributed by atoms with E-state index in [4.69, 9.17) is 0 Å². The average Bonchev–Trinajstić information content (AvgIpc) is 3.06. The molecule has 0 saturated carbocycles. The van der Waals surface area contributed by atoms with Gasteiger partial charge in [0.1, 0.15) is 5.82 Å². The van der Waals surface area contributed by atoms with Gasteiger partial charge in [-0.1, -0.05) is 0 Å². The molecule has 0 aromatic carbocycles. The molecule has 21 heavy (non-hydrogen) atoms. The minimum Gasteiger partial charge on any atom is -0.287 e. The molecule has 1 atom stereocenters. The van der Waals surface area contributed by atoms with Gasteiger partial charge < -0.3 is 0 Å². The largest absolute Gasteiger partial charge is 0.287 e. The van der Waals surface area contributed by atoms with Crippen LogP contribution in [0.2, 0.25) is 0 Å². The molecule has 0 unspecified atom stereocenters. The molecule has 2 aromatic rings. The Balaban J connectivity index is 1.99. The monoisotopic (exact) mass is 307 g/mol. The van der Waals surface area contributed by atoms with Crippen LogP contribution in [0.3, 0.4) is 0 Å². The van der Waals surface area contributed by atoms with E-state index in [1.807, 2.05) is 17.7 Å². The average molecular weight is 307 g/mol. The fourth-order valence-corrected chi connectivity index (χ4v) is 3.84. The topological polar surface area (TPSA) is 81.0 Å². The first kappa shape index (κ1) is 14.2. The molecule has 0 spiro atoms. The normalized spacial score (nSPS) is 20.0. The molecular weight excluding hydrogens is 290 g/mol. The molecule has 3 heterocycles. The Bertz CT molecular complexity index is 755. The van der Waals surface area contributed by atoms with E-state index in [9.17, 15) is 8.42 Å². The first-order valence-electron chi connectivity index (χ1n) is 6.76. The summed E-state index contributed by atoms with van der Waals surface area (Å²) in [6.45, 7) is 2.42. The van der Waals surface area contributed by atoms with Gasteiger partial charge in [0.15, 0.2) is 5.82 Å². The standard InChI is InChI=1S/C13H17N5O2S/c1-10-15-5-7-17(10)13-9-14-8-11(16-13)12-4-3-6-18(12)21(2,19)20/h5,7-9,12H,3-4,6H2,1-2H3/t12-/m1/s1. The minimum absolute atomic E-state index is 0.226. The molecule has 0 radical (unpaired) electrons. The fraction of sp³-hybridized carbons (Fsp3) is 0.462. The highest BCUT2D eigenvalue weighted by Gasteiger charge is 2.33. The third-order valence-electron chi connectivity index (χ3n) is 3.68. The molecule has 1 fully saturated rings. The maximum absolute atomic E-state index is 11.8. The number of rotatable bonds is 3. The molecule has 8 heteroatoms. The van der Waals surface area contributed by atoms with Crippen LogP contribution in [-0.2, 0) is 10.0 Å². The summed E-state index contributed by atoms with van der Waals surface area (Å²) >= 11 is 0. The van der Waals surface area contributed by atoms with Gasteiger partial charge in [0.2, 0.25) is 10.0 Å². The number of hydrogen-bond donors (Lipinski definition) is 0. The van der Waals surface area contributed by atoms with Gasteiger partial charge in [0.25, 0.3) is 0 Å². The molecule has 3 rings (SSSR count). The van der Waals surface area contributed by atoms with E-state index in [0.29, 0.717) is 18.1 Å². The SMILES string of the molecule is Cc1nccn1-c1cncc([C@H]2CCCN2S(C)(=O)=O)n1. The number of aromatic nitrogens is 4. The highest BCUT2D eigenvalue weighted by molar-refractivity contribution is 7.88. The van der Waals surface area contributed by atoms with E-state index in [-0.39, 0.29) is 6.04 Å². The van der Waals surface area contributed by atoms with Gasteiger partial charge in [0.05, 0.1) is 30.4 Å². The lowest BCUT2D eigenvalue weighted by molar-refractivity contribution is 0.393. The predicted molar refractivity (Wildman–Crippen MR) is 77.4 cm³/mol. The van der Waals surface area contributed by atoms with Crippen molar-refractivity contribution in [3.05, 3.63) is 36.3 Å². The molecule has 0 aliphatic carbocycles. The Morgan fingerprint density at radius 1 is 1.33 bits per heavy atom. The number of aryl methyl sites for hydroxylation is 1. The summed E-state index contributed by atoms with van der Waals surface area (Å²) in [5.74, 6) is 1.47. The first-order valence-corrected chi connectivity index (χ1v) is 8.61. The van der Waals surface area contributed by atoms with Crippen molar-refractivity contribution in [1.82, 2.24) is 23.8 Å². The van der Waals surface area contributed by atoms with Crippen LogP contribution in [0.25, 0.3) is 5.82 Å². The number of imidazole rings is 1. The predicted octanol–water partition coefficient (Wildman–Crippen LogP) is 1.07. The third-order valence-corrected chi connectivity index (χ3v) is 4.97. The smallest absolute Gasteiger partial charge is 0.211 e. The van der Waals surface area contributed by atoms with E-state index in [0.717, 1.165) is 18.7 Å². The second kappa shape index (κ2) is 5.19. The molecule has 0 bridgehead atoms. The van der Waals surface area contributed by atoms with Crippen molar-refractivity contribution in [2.75, 3.05) is 12.8 Å². The highest BCUT2D eigenvalue weighted by atomic mass is 32.2. The van der Waals surface area contributed by atoms with Gasteiger partial charge in [-0.05, 0) is 19.8 Å². The summed E-state index contributed by atoms with van der Waals surface area (Å²) in [7, 11) is -3.23. The molecule has 0 N–H and O–H groups in total. The number of nitrogens with zero attached hydrogens (tertiary/aromatic N) is 5. The summed E-state index contributed by atoms with van der Waals surface area (Å²) in [5.41, 5.74) is 0.684. The van der Waals surface area contributed by atoms with Crippen molar-refractivity contribution < 1.29 is 8.42 Å². The van der Waals surface area contributed by atoms with Crippen LogP contribution in [0.1, 0.15) is 30.4 Å². The van der Waals surface area contributed by atoms with E-state index < -0.39 is 10.0 Å². The van der Waals surface area contributed by atoms with Crippen LogP contribution in [-0.4, -0.2) is 45.0 Å². The Kier molecular flexibility index (Phi) is 3.50. The summed E-state index contributed by atoms with van der Waals surface area (Å²) in [6.07, 6.45) is 9.65. The molecular formula is C13H17N5O2S. The Hall–Kier alpha value is -1.80.